The van der Waals surface area contributed by atoms with E-state index in [1.165, 1.54) is 0 Å². The van der Waals surface area contributed by atoms with Crippen molar-refractivity contribution in [1.82, 2.24) is 4.90 Å². The Balaban J connectivity index is 4.23. The molecule has 0 rings (SSSR count). The Morgan fingerprint density at radius 1 is 1.19 bits per heavy atom. The number of ether oxygens (including phenoxy) is 1. The quantitative estimate of drug-likeness (QED) is 0.695. The molecule has 0 bridgehead atoms. The van der Waals surface area contributed by atoms with Gasteiger partial charge in [0.1, 0.15) is 0 Å². The molecule has 0 aliphatic heterocycles. The van der Waals surface area contributed by atoms with Crippen LogP contribution in [0.15, 0.2) is 0 Å². The van der Waals surface area contributed by atoms with Gasteiger partial charge in [-0.3, -0.25) is 0 Å². The van der Waals surface area contributed by atoms with E-state index in [2.05, 4.69) is 27.7 Å². The molecule has 0 saturated carbocycles. The molecule has 0 radical (unpaired) electrons. The highest BCUT2D eigenvalue weighted by Gasteiger charge is 2.21. The highest BCUT2D eigenvalue weighted by molar-refractivity contribution is 5.67. The second-order valence-corrected chi connectivity index (χ2v) is 5.45. The van der Waals surface area contributed by atoms with Crippen molar-refractivity contribution in [3.05, 3.63) is 0 Å². The zero-order valence-corrected chi connectivity index (χ0v) is 11.5. The molecule has 0 fully saturated rings. The molecule has 0 aliphatic carbocycles. The van der Waals surface area contributed by atoms with E-state index in [0.717, 1.165) is 32.4 Å². The molecular weight excluding hydrogens is 202 g/mol. The van der Waals surface area contributed by atoms with Crippen molar-refractivity contribution in [2.75, 3.05) is 19.7 Å². The van der Waals surface area contributed by atoms with Gasteiger partial charge >= 0.3 is 6.09 Å². The summed E-state index contributed by atoms with van der Waals surface area (Å²) in [5.41, 5.74) is 0.124. The maximum Gasteiger partial charge on any atom is 0.409 e. The zero-order valence-electron chi connectivity index (χ0n) is 11.5. The second-order valence-electron chi connectivity index (χ2n) is 5.45. The molecular formula is C13H27NO2. The fraction of sp³-hybridized carbons (Fsp3) is 0.923. The second kappa shape index (κ2) is 7.53. The van der Waals surface area contributed by atoms with Gasteiger partial charge in [0.2, 0.25) is 0 Å². The largest absolute Gasteiger partial charge is 0.449 e. The maximum absolute atomic E-state index is 11.8. The predicted octanol–water partition coefficient (Wildman–Crippen LogP) is 3.68. The van der Waals surface area contributed by atoms with Crippen molar-refractivity contribution in [2.45, 2.75) is 53.9 Å². The Hall–Kier alpha value is -0.730. The van der Waals surface area contributed by atoms with Crippen LogP contribution in [0.1, 0.15) is 53.9 Å². The van der Waals surface area contributed by atoms with Crippen molar-refractivity contribution < 1.29 is 9.53 Å². The molecule has 0 aromatic heterocycles. The van der Waals surface area contributed by atoms with E-state index in [0.29, 0.717) is 6.61 Å². The molecule has 0 unspecified atom stereocenters. The van der Waals surface area contributed by atoms with Crippen molar-refractivity contribution in [3.8, 4) is 0 Å². The predicted molar refractivity (Wildman–Crippen MR) is 67.6 cm³/mol. The van der Waals surface area contributed by atoms with Gasteiger partial charge in [0.25, 0.3) is 0 Å². The van der Waals surface area contributed by atoms with Crippen LogP contribution in [0.3, 0.4) is 0 Å². The van der Waals surface area contributed by atoms with Gasteiger partial charge in [0, 0.05) is 13.1 Å². The summed E-state index contributed by atoms with van der Waals surface area (Å²) in [5, 5.41) is 0. The first-order valence-electron chi connectivity index (χ1n) is 6.32. The maximum atomic E-state index is 11.8. The van der Waals surface area contributed by atoms with E-state index in [1.54, 1.807) is 0 Å². The van der Waals surface area contributed by atoms with Crippen LogP contribution in [-0.4, -0.2) is 30.7 Å². The highest BCUT2D eigenvalue weighted by atomic mass is 16.6. The zero-order chi connectivity index (χ0) is 12.6. The first kappa shape index (κ1) is 15.3. The van der Waals surface area contributed by atoms with Crippen molar-refractivity contribution >= 4 is 6.09 Å². The Labute approximate surface area is 100 Å². The van der Waals surface area contributed by atoms with Gasteiger partial charge in [-0.25, -0.2) is 4.79 Å². The molecule has 96 valence electrons. The molecule has 16 heavy (non-hydrogen) atoms. The van der Waals surface area contributed by atoms with Crippen LogP contribution >= 0.6 is 0 Å². The third kappa shape index (κ3) is 7.55. The Morgan fingerprint density at radius 2 is 1.81 bits per heavy atom. The van der Waals surface area contributed by atoms with Crippen LogP contribution in [-0.2, 0) is 4.74 Å². The molecule has 0 saturated heterocycles. The number of hydrogen-bond donors (Lipinski definition) is 0. The molecule has 0 aromatic rings. The van der Waals surface area contributed by atoms with Crippen molar-refractivity contribution in [3.63, 3.8) is 0 Å². The normalized spacial score (nSPS) is 11.3. The molecule has 0 aliphatic rings. The number of nitrogens with zero attached hydrogens (tertiary/aromatic N) is 1. The lowest BCUT2D eigenvalue weighted by molar-refractivity contribution is 0.0884. The third-order valence-electron chi connectivity index (χ3n) is 2.13. The minimum absolute atomic E-state index is 0.124. The molecule has 1 amide bonds. The molecule has 3 nitrogen and oxygen atoms in total. The summed E-state index contributed by atoms with van der Waals surface area (Å²) in [6, 6.07) is 0. The molecule has 0 N–H and O–H groups in total. The lowest BCUT2D eigenvalue weighted by Crippen LogP contribution is -2.38. The number of unbranched alkanes of at least 4 members (excludes halogenated alkanes) is 1. The SMILES string of the molecule is CCCCN(CC(C)(C)C)C(=O)OCCC. The first-order chi connectivity index (χ1) is 7.40. The fourth-order valence-electron chi connectivity index (χ4n) is 1.44. The van der Waals surface area contributed by atoms with E-state index >= 15 is 0 Å². The summed E-state index contributed by atoms with van der Waals surface area (Å²) in [6.07, 6.45) is 2.85. The number of hydrogen-bond acceptors (Lipinski definition) is 2. The van der Waals surface area contributed by atoms with E-state index in [9.17, 15) is 4.79 Å². The summed E-state index contributed by atoms with van der Waals surface area (Å²) in [4.78, 5) is 13.6. The molecule has 0 atom stereocenters. The van der Waals surface area contributed by atoms with Crippen LogP contribution < -0.4 is 0 Å². The van der Waals surface area contributed by atoms with Crippen molar-refractivity contribution in [2.24, 2.45) is 5.41 Å². The van der Waals surface area contributed by atoms with E-state index in [1.807, 2.05) is 11.8 Å². The van der Waals surface area contributed by atoms with Crippen molar-refractivity contribution in [1.29, 1.82) is 0 Å². The summed E-state index contributed by atoms with van der Waals surface area (Å²) >= 11 is 0. The molecule has 0 heterocycles. The Morgan fingerprint density at radius 3 is 2.25 bits per heavy atom. The highest BCUT2D eigenvalue weighted by Crippen LogP contribution is 2.16. The third-order valence-corrected chi connectivity index (χ3v) is 2.13. The number of rotatable bonds is 6. The minimum Gasteiger partial charge on any atom is -0.449 e. The van der Waals surface area contributed by atoms with Crippen LogP contribution in [0.2, 0.25) is 0 Å². The van der Waals surface area contributed by atoms with Gasteiger partial charge in [0.05, 0.1) is 6.61 Å². The average Bonchev–Trinajstić information content (AvgIpc) is 2.19. The lowest BCUT2D eigenvalue weighted by atomic mass is 9.96. The topological polar surface area (TPSA) is 29.5 Å². The van der Waals surface area contributed by atoms with Gasteiger partial charge in [-0.1, -0.05) is 41.0 Å². The lowest BCUT2D eigenvalue weighted by Gasteiger charge is -2.29. The first-order valence-corrected chi connectivity index (χ1v) is 6.32. The molecule has 0 spiro atoms. The standard InChI is InChI=1S/C13H27NO2/c1-6-8-9-14(11-13(3,4)5)12(15)16-10-7-2/h6-11H2,1-5H3. The Kier molecular flexibility index (Phi) is 7.18. The van der Waals surface area contributed by atoms with Crippen LogP contribution in [0, 0.1) is 5.41 Å². The fourth-order valence-corrected chi connectivity index (χ4v) is 1.44. The summed E-state index contributed by atoms with van der Waals surface area (Å²) in [7, 11) is 0. The summed E-state index contributed by atoms with van der Waals surface area (Å²) in [5.74, 6) is 0. The van der Waals surface area contributed by atoms with Gasteiger partial charge in [-0.15, -0.1) is 0 Å². The van der Waals surface area contributed by atoms with Gasteiger partial charge in [-0.2, -0.15) is 0 Å². The van der Waals surface area contributed by atoms with Crippen LogP contribution in [0.4, 0.5) is 4.79 Å². The molecule has 0 aromatic carbocycles. The summed E-state index contributed by atoms with van der Waals surface area (Å²) in [6.45, 7) is 12.6. The van der Waals surface area contributed by atoms with E-state index in [-0.39, 0.29) is 11.5 Å². The summed E-state index contributed by atoms with van der Waals surface area (Å²) < 4.78 is 5.18. The van der Waals surface area contributed by atoms with Crippen LogP contribution in [0.5, 0.6) is 0 Å². The van der Waals surface area contributed by atoms with E-state index < -0.39 is 0 Å². The molecule has 3 heteroatoms. The van der Waals surface area contributed by atoms with Gasteiger partial charge in [0.15, 0.2) is 0 Å². The van der Waals surface area contributed by atoms with E-state index in [4.69, 9.17) is 4.74 Å². The monoisotopic (exact) mass is 229 g/mol. The van der Waals surface area contributed by atoms with Gasteiger partial charge < -0.3 is 9.64 Å². The number of carbonyl (C=O) groups is 1. The number of amides is 1. The van der Waals surface area contributed by atoms with Gasteiger partial charge in [-0.05, 0) is 18.3 Å². The average molecular weight is 229 g/mol. The van der Waals surface area contributed by atoms with Crippen LogP contribution in [0.25, 0.3) is 0 Å². The Bertz CT molecular complexity index is 197. The minimum atomic E-state index is -0.162. The number of carbonyl (C=O) groups excluding carboxylic acids is 1. The smallest absolute Gasteiger partial charge is 0.409 e.